The molecule has 1 aliphatic heterocycles. The van der Waals surface area contributed by atoms with Gasteiger partial charge in [-0.3, -0.25) is 4.79 Å². The molecular weight excluding hydrogens is 476 g/mol. The predicted octanol–water partition coefficient (Wildman–Crippen LogP) is 6.18. The molecule has 2 aromatic carbocycles. The summed E-state index contributed by atoms with van der Waals surface area (Å²) < 4.78 is 85.3. The zero-order valence-electron chi connectivity index (χ0n) is 19.5. The molecule has 0 radical (unpaired) electrons. The third-order valence-electron chi connectivity index (χ3n) is 6.60. The number of carbonyl (C=O) groups is 1. The van der Waals surface area contributed by atoms with E-state index in [1.54, 1.807) is 35.2 Å². The predicted molar refractivity (Wildman–Crippen MR) is 118 cm³/mol. The van der Waals surface area contributed by atoms with Gasteiger partial charge in [0.15, 0.2) is 5.78 Å². The average molecular weight is 503 g/mol. The van der Waals surface area contributed by atoms with Gasteiger partial charge in [0.2, 0.25) is 0 Å². The lowest BCUT2D eigenvalue weighted by atomic mass is 9.79. The first-order chi connectivity index (χ1) is 16.1. The minimum Gasteiger partial charge on any atom is -0.380 e. The molecule has 4 nitrogen and oxygen atoms in total. The van der Waals surface area contributed by atoms with Gasteiger partial charge in [-0.1, -0.05) is 18.2 Å². The molecule has 0 amide bonds. The fourth-order valence-electron chi connectivity index (χ4n) is 4.21. The van der Waals surface area contributed by atoms with Gasteiger partial charge in [0, 0.05) is 5.69 Å². The zero-order chi connectivity index (χ0) is 26.2. The first kappa shape index (κ1) is 27.0. The molecule has 2 aromatic rings. The highest BCUT2D eigenvalue weighted by Gasteiger charge is 2.47. The maximum absolute atomic E-state index is 13.2. The summed E-state index contributed by atoms with van der Waals surface area (Å²) in [5.41, 5.74) is -4.73. The summed E-state index contributed by atoms with van der Waals surface area (Å²) in [6.07, 6.45) is -10.5. The van der Waals surface area contributed by atoms with Crippen molar-refractivity contribution in [3.63, 3.8) is 0 Å². The Morgan fingerprint density at radius 1 is 1.03 bits per heavy atom. The number of hydrogen-bond acceptors (Lipinski definition) is 4. The number of anilines is 1. The van der Waals surface area contributed by atoms with Crippen LogP contribution in [0.1, 0.15) is 56.4 Å². The summed E-state index contributed by atoms with van der Waals surface area (Å²) in [6.45, 7) is 4.42. The zero-order valence-corrected chi connectivity index (χ0v) is 19.5. The molecule has 35 heavy (non-hydrogen) atoms. The van der Waals surface area contributed by atoms with Crippen LogP contribution in [0.15, 0.2) is 48.5 Å². The third kappa shape index (κ3) is 5.98. The number of β-amino-alcohol motifs (C(OH)–C–C–N with tert-alkyl or cyclic N) is 1. The number of carbonyl (C=O) groups excluding carboxylic acids is 1. The second-order valence-corrected chi connectivity index (χ2v) is 9.30. The van der Waals surface area contributed by atoms with Crippen molar-refractivity contribution in [2.75, 3.05) is 18.1 Å². The Morgan fingerprint density at radius 3 is 2.06 bits per heavy atom. The first-order valence-electron chi connectivity index (χ1n) is 11.0. The Hall–Kier alpha value is -2.59. The molecular formula is C25H27F6NO3. The maximum Gasteiger partial charge on any atom is 0.416 e. The highest BCUT2D eigenvalue weighted by atomic mass is 19.4. The maximum atomic E-state index is 13.2. The van der Waals surface area contributed by atoms with Crippen molar-refractivity contribution in [3.05, 3.63) is 65.2 Å². The number of para-hydroxylation sites is 1. The Kier molecular flexibility index (Phi) is 7.30. The van der Waals surface area contributed by atoms with Crippen LogP contribution in [0.4, 0.5) is 32.0 Å². The van der Waals surface area contributed by atoms with E-state index in [4.69, 9.17) is 4.74 Å². The number of ketones is 1. The molecule has 192 valence electrons. The molecule has 0 aliphatic carbocycles. The quantitative estimate of drug-likeness (QED) is 0.479. The van der Waals surface area contributed by atoms with Gasteiger partial charge in [-0.05, 0) is 69.5 Å². The number of aliphatic hydroxyl groups is 1. The number of hydrogen-bond donors (Lipinski definition) is 1. The van der Waals surface area contributed by atoms with E-state index in [0.29, 0.717) is 24.2 Å². The molecule has 1 saturated heterocycles. The van der Waals surface area contributed by atoms with E-state index in [1.807, 2.05) is 6.92 Å². The van der Waals surface area contributed by atoms with E-state index in [-0.39, 0.29) is 31.2 Å². The number of ether oxygens (including phenoxy) is 1. The first-order valence-corrected chi connectivity index (χ1v) is 11.0. The smallest absolute Gasteiger partial charge is 0.380 e. The number of Topliss-reactive ketones (excluding diaryl/α,β-unsaturated/α-hetero) is 1. The van der Waals surface area contributed by atoms with E-state index in [2.05, 4.69) is 0 Å². The highest BCUT2D eigenvalue weighted by molar-refractivity contribution is 5.86. The van der Waals surface area contributed by atoms with Crippen molar-refractivity contribution < 1.29 is 41.0 Å². The molecule has 1 fully saturated rings. The molecule has 3 rings (SSSR count). The van der Waals surface area contributed by atoms with Crippen LogP contribution in [0.5, 0.6) is 0 Å². The van der Waals surface area contributed by atoms with Crippen LogP contribution in [0.3, 0.4) is 0 Å². The van der Waals surface area contributed by atoms with E-state index < -0.39 is 46.5 Å². The van der Waals surface area contributed by atoms with Crippen LogP contribution < -0.4 is 4.90 Å². The third-order valence-corrected chi connectivity index (χ3v) is 6.60. The number of alkyl halides is 6. The summed E-state index contributed by atoms with van der Waals surface area (Å²) in [5, 5.41) is 10.8. The molecule has 0 spiro atoms. The van der Waals surface area contributed by atoms with Crippen molar-refractivity contribution in [1.82, 2.24) is 0 Å². The SMILES string of the molecule is CC(=O)C1(O)CC[C@](C)(COC(C)c2cc(C(F)(F)F)cc(C(F)(F)F)c2)N(c2ccccc2)C1. The molecule has 10 heteroatoms. The number of rotatable bonds is 6. The standard InChI is InChI=1S/C25H27F6NO3/c1-16(18-11-19(24(26,27)28)13-20(12-18)25(29,30)31)35-15-22(3)9-10-23(34,17(2)33)14-32(22)21-7-5-4-6-8-21/h4-8,11-13,16,34H,9-10,14-15H2,1-3H3/t16?,22-,23?/m1/s1. The molecule has 1 heterocycles. The minimum atomic E-state index is -4.95. The van der Waals surface area contributed by atoms with E-state index >= 15 is 0 Å². The van der Waals surface area contributed by atoms with Crippen molar-refractivity contribution in [1.29, 1.82) is 0 Å². The molecule has 0 bridgehead atoms. The number of benzene rings is 2. The highest BCUT2D eigenvalue weighted by Crippen LogP contribution is 2.40. The number of piperidine rings is 1. The van der Waals surface area contributed by atoms with Gasteiger partial charge < -0.3 is 14.7 Å². The molecule has 1 aliphatic rings. The van der Waals surface area contributed by atoms with Crippen LogP contribution >= 0.6 is 0 Å². The monoisotopic (exact) mass is 503 g/mol. The Morgan fingerprint density at radius 2 is 1.57 bits per heavy atom. The van der Waals surface area contributed by atoms with Gasteiger partial charge in [-0.25, -0.2) is 0 Å². The summed E-state index contributed by atoms with van der Waals surface area (Å²) >= 11 is 0. The largest absolute Gasteiger partial charge is 0.416 e. The van der Waals surface area contributed by atoms with Gasteiger partial charge in [0.05, 0.1) is 35.9 Å². The van der Waals surface area contributed by atoms with Gasteiger partial charge in [0.1, 0.15) is 5.60 Å². The Balaban J connectivity index is 1.89. The summed E-state index contributed by atoms with van der Waals surface area (Å²) in [7, 11) is 0. The summed E-state index contributed by atoms with van der Waals surface area (Å²) in [5.74, 6) is -0.390. The second-order valence-electron chi connectivity index (χ2n) is 9.30. The molecule has 0 saturated carbocycles. The van der Waals surface area contributed by atoms with Gasteiger partial charge in [-0.15, -0.1) is 0 Å². The number of nitrogens with zero attached hydrogens (tertiary/aromatic N) is 1. The van der Waals surface area contributed by atoms with Crippen molar-refractivity contribution >= 4 is 11.5 Å². The molecule has 2 unspecified atom stereocenters. The van der Waals surface area contributed by atoms with Crippen LogP contribution in [-0.4, -0.2) is 35.2 Å². The summed E-state index contributed by atoms with van der Waals surface area (Å²) in [6, 6.07) is 10.3. The fourth-order valence-corrected chi connectivity index (χ4v) is 4.21. The van der Waals surface area contributed by atoms with Crippen LogP contribution in [-0.2, 0) is 21.9 Å². The Labute approximate surface area is 199 Å². The summed E-state index contributed by atoms with van der Waals surface area (Å²) in [4.78, 5) is 13.9. The van der Waals surface area contributed by atoms with Crippen molar-refractivity contribution in [3.8, 4) is 0 Å². The average Bonchev–Trinajstić information content (AvgIpc) is 2.78. The van der Waals surface area contributed by atoms with E-state index in [0.717, 1.165) is 0 Å². The van der Waals surface area contributed by atoms with Crippen LogP contribution in [0.25, 0.3) is 0 Å². The van der Waals surface area contributed by atoms with Crippen LogP contribution in [0.2, 0.25) is 0 Å². The molecule has 1 N–H and O–H groups in total. The van der Waals surface area contributed by atoms with E-state index in [1.165, 1.54) is 13.8 Å². The van der Waals surface area contributed by atoms with Crippen LogP contribution in [0, 0.1) is 0 Å². The van der Waals surface area contributed by atoms with Gasteiger partial charge in [0.25, 0.3) is 0 Å². The lowest BCUT2D eigenvalue weighted by Crippen LogP contribution is -2.63. The topological polar surface area (TPSA) is 49.8 Å². The van der Waals surface area contributed by atoms with Crippen molar-refractivity contribution in [2.45, 2.75) is 63.2 Å². The molecule has 0 aromatic heterocycles. The normalized spacial score (nSPS) is 24.3. The van der Waals surface area contributed by atoms with Gasteiger partial charge in [-0.2, -0.15) is 26.3 Å². The van der Waals surface area contributed by atoms with E-state index in [9.17, 15) is 36.2 Å². The fraction of sp³-hybridized carbons (Fsp3) is 0.480. The second kappa shape index (κ2) is 9.46. The van der Waals surface area contributed by atoms with Crippen molar-refractivity contribution in [2.24, 2.45) is 0 Å². The minimum absolute atomic E-state index is 0.0254. The number of halogens is 6. The Bertz CT molecular complexity index is 1020. The lowest BCUT2D eigenvalue weighted by Gasteiger charge is -2.51. The lowest BCUT2D eigenvalue weighted by molar-refractivity contribution is -0.143. The molecule has 3 atom stereocenters. The van der Waals surface area contributed by atoms with Gasteiger partial charge >= 0.3 is 12.4 Å².